The van der Waals surface area contributed by atoms with E-state index in [0.717, 1.165) is 47.4 Å². The van der Waals surface area contributed by atoms with Crippen molar-refractivity contribution in [2.24, 2.45) is 0 Å². The summed E-state index contributed by atoms with van der Waals surface area (Å²) < 4.78 is 0. The van der Waals surface area contributed by atoms with Crippen molar-refractivity contribution in [2.75, 3.05) is 15.5 Å². The van der Waals surface area contributed by atoms with Gasteiger partial charge in [0.1, 0.15) is 0 Å². The van der Waals surface area contributed by atoms with Crippen molar-refractivity contribution in [1.82, 2.24) is 0 Å². The maximum Gasteiger partial charge on any atom is 0.335 e. The fraction of sp³-hybridized carbons (Fsp3) is 0. The van der Waals surface area contributed by atoms with Gasteiger partial charge in [-0.3, -0.25) is 19.2 Å². The van der Waals surface area contributed by atoms with Gasteiger partial charge in [0, 0.05) is 22.5 Å². The van der Waals surface area contributed by atoms with E-state index in [9.17, 15) is 58.8 Å². The fourth-order valence-electron chi connectivity index (χ4n) is 4.70. The Morgan fingerprint density at radius 1 is 0.468 bits per heavy atom. The molecule has 4 aromatic carbocycles. The van der Waals surface area contributed by atoms with Crippen LogP contribution in [0.3, 0.4) is 0 Å². The highest BCUT2D eigenvalue weighted by Gasteiger charge is 2.37. The summed E-state index contributed by atoms with van der Waals surface area (Å²) in [6.45, 7) is 0. The van der Waals surface area contributed by atoms with Crippen molar-refractivity contribution in [2.45, 2.75) is 0 Å². The quantitative estimate of drug-likeness (QED) is 0.144. The summed E-state index contributed by atoms with van der Waals surface area (Å²) in [5, 5.41) is 41.9. The molecule has 4 aromatic rings. The molecule has 4 amide bonds. The fourth-order valence-corrected chi connectivity index (χ4v) is 4.70. The minimum absolute atomic E-state index is 0.0213. The van der Waals surface area contributed by atoms with Crippen molar-refractivity contribution in [1.29, 1.82) is 0 Å². The molecule has 0 radical (unpaired) electrons. The summed E-state index contributed by atoms with van der Waals surface area (Å²) in [5.74, 6) is -8.93. The lowest BCUT2D eigenvalue weighted by molar-refractivity contribution is 0.0676. The van der Waals surface area contributed by atoms with Crippen LogP contribution in [-0.4, -0.2) is 67.9 Å². The Kier molecular flexibility index (Phi) is 8.04. The predicted octanol–water partition coefficient (Wildman–Crippen LogP) is 3.78. The number of rotatable bonds is 9. The van der Waals surface area contributed by atoms with E-state index in [2.05, 4.69) is 10.6 Å². The van der Waals surface area contributed by atoms with Crippen LogP contribution in [0, 0.1) is 0 Å². The topological polar surface area (TPSA) is 245 Å². The number of carbonyl (C=O) groups is 8. The van der Waals surface area contributed by atoms with Gasteiger partial charge in [0.05, 0.1) is 39.1 Å². The molecule has 1 aliphatic heterocycles. The summed E-state index contributed by atoms with van der Waals surface area (Å²) in [7, 11) is 0. The Morgan fingerprint density at radius 3 is 1.34 bits per heavy atom. The number of aromatic carboxylic acids is 4. The van der Waals surface area contributed by atoms with E-state index in [0.29, 0.717) is 0 Å². The molecule has 47 heavy (non-hydrogen) atoms. The van der Waals surface area contributed by atoms with Gasteiger partial charge in [-0.2, -0.15) is 0 Å². The van der Waals surface area contributed by atoms with E-state index in [1.165, 1.54) is 36.4 Å². The summed E-state index contributed by atoms with van der Waals surface area (Å²) >= 11 is 0. The second-order valence-corrected chi connectivity index (χ2v) is 9.98. The SMILES string of the molecule is O=C(O)c1cc(NC(=O)c2cccc(N3C(=O)c4ccc(C(=O)Nc5cc(C(=O)O)cc(C(=O)O)c5)cc4C3=O)c2)cc(C(=O)O)c1. The highest BCUT2D eigenvalue weighted by atomic mass is 16.4. The summed E-state index contributed by atoms with van der Waals surface area (Å²) in [6, 6.07) is 14.9. The average Bonchev–Trinajstić information content (AvgIpc) is 3.29. The van der Waals surface area contributed by atoms with Gasteiger partial charge >= 0.3 is 23.9 Å². The van der Waals surface area contributed by atoms with Gasteiger partial charge in [0.15, 0.2) is 0 Å². The van der Waals surface area contributed by atoms with Crippen LogP contribution in [0.4, 0.5) is 17.1 Å². The van der Waals surface area contributed by atoms with Crippen molar-refractivity contribution in [3.05, 3.63) is 123 Å². The van der Waals surface area contributed by atoms with E-state index in [1.54, 1.807) is 0 Å². The number of nitrogens with one attached hydrogen (secondary N) is 2. The van der Waals surface area contributed by atoms with Crippen LogP contribution in [0.2, 0.25) is 0 Å². The van der Waals surface area contributed by atoms with Crippen LogP contribution in [0.15, 0.2) is 78.9 Å². The number of imide groups is 1. The molecule has 5 rings (SSSR count). The molecule has 0 atom stereocenters. The number of fused-ring (bicyclic) bond motifs is 1. The molecule has 0 aromatic heterocycles. The maximum absolute atomic E-state index is 13.4. The number of amides is 4. The minimum Gasteiger partial charge on any atom is -0.478 e. The Hall–Kier alpha value is -7.16. The van der Waals surface area contributed by atoms with E-state index < -0.39 is 47.5 Å². The molecular formula is C32H19N3O12. The molecule has 0 spiro atoms. The zero-order chi connectivity index (χ0) is 34.2. The zero-order valence-corrected chi connectivity index (χ0v) is 23.5. The molecule has 0 bridgehead atoms. The van der Waals surface area contributed by atoms with Gasteiger partial charge in [0.2, 0.25) is 0 Å². The molecule has 6 N–H and O–H groups in total. The molecule has 15 heteroatoms. The third-order valence-electron chi connectivity index (χ3n) is 6.88. The molecule has 0 aliphatic carbocycles. The minimum atomic E-state index is -1.42. The van der Waals surface area contributed by atoms with Crippen molar-refractivity contribution in [3.8, 4) is 0 Å². The normalized spacial score (nSPS) is 11.9. The number of benzene rings is 4. The number of anilines is 3. The van der Waals surface area contributed by atoms with Crippen molar-refractivity contribution < 1.29 is 58.8 Å². The lowest BCUT2D eigenvalue weighted by atomic mass is 10.0. The van der Waals surface area contributed by atoms with E-state index in [-0.39, 0.29) is 61.6 Å². The van der Waals surface area contributed by atoms with Crippen LogP contribution >= 0.6 is 0 Å². The van der Waals surface area contributed by atoms with E-state index >= 15 is 0 Å². The molecule has 15 nitrogen and oxygen atoms in total. The largest absolute Gasteiger partial charge is 0.478 e. The van der Waals surface area contributed by atoms with Crippen LogP contribution in [0.1, 0.15) is 82.9 Å². The number of carboxylic acid groups (broad SMARTS) is 4. The Bertz CT molecular complexity index is 2040. The number of carboxylic acids is 4. The van der Waals surface area contributed by atoms with Crippen molar-refractivity contribution in [3.63, 3.8) is 0 Å². The molecule has 0 saturated heterocycles. The highest BCUT2D eigenvalue weighted by Crippen LogP contribution is 2.30. The van der Waals surface area contributed by atoms with Crippen LogP contribution in [0.5, 0.6) is 0 Å². The number of hydrogen-bond donors (Lipinski definition) is 6. The average molecular weight is 638 g/mol. The molecular weight excluding hydrogens is 618 g/mol. The smallest absolute Gasteiger partial charge is 0.335 e. The summed E-state index contributed by atoms with van der Waals surface area (Å²) in [6.07, 6.45) is 0. The molecule has 0 fully saturated rings. The number of nitrogens with zero attached hydrogens (tertiary/aromatic N) is 1. The summed E-state index contributed by atoms with van der Waals surface area (Å²) in [5.41, 5.74) is -2.23. The van der Waals surface area contributed by atoms with E-state index in [1.807, 2.05) is 0 Å². The highest BCUT2D eigenvalue weighted by molar-refractivity contribution is 6.35. The van der Waals surface area contributed by atoms with Gasteiger partial charge in [-0.25, -0.2) is 24.1 Å². The van der Waals surface area contributed by atoms with Gasteiger partial charge in [-0.15, -0.1) is 0 Å². The maximum atomic E-state index is 13.4. The monoisotopic (exact) mass is 637 g/mol. The van der Waals surface area contributed by atoms with Gasteiger partial charge in [0.25, 0.3) is 23.6 Å². The second kappa shape index (κ2) is 12.1. The summed E-state index contributed by atoms with van der Waals surface area (Å²) in [4.78, 5) is 99.0. The van der Waals surface area contributed by atoms with E-state index in [4.69, 9.17) is 0 Å². The zero-order valence-electron chi connectivity index (χ0n) is 23.5. The lowest BCUT2D eigenvalue weighted by Gasteiger charge is -2.15. The first-order chi connectivity index (χ1) is 22.2. The molecule has 0 unspecified atom stereocenters. The van der Waals surface area contributed by atoms with Crippen LogP contribution in [-0.2, 0) is 0 Å². The van der Waals surface area contributed by atoms with Crippen LogP contribution < -0.4 is 15.5 Å². The number of carbonyl (C=O) groups excluding carboxylic acids is 4. The first-order valence-corrected chi connectivity index (χ1v) is 13.2. The third-order valence-corrected chi connectivity index (χ3v) is 6.88. The first-order valence-electron chi connectivity index (χ1n) is 13.2. The molecule has 1 heterocycles. The van der Waals surface area contributed by atoms with Gasteiger partial charge in [-0.05, 0) is 72.8 Å². The predicted molar refractivity (Wildman–Crippen MR) is 161 cm³/mol. The van der Waals surface area contributed by atoms with Gasteiger partial charge in [-0.1, -0.05) is 6.07 Å². The Balaban J connectivity index is 1.38. The molecule has 234 valence electrons. The number of hydrogen-bond acceptors (Lipinski definition) is 8. The lowest BCUT2D eigenvalue weighted by Crippen LogP contribution is -2.29. The third kappa shape index (κ3) is 6.25. The van der Waals surface area contributed by atoms with Crippen molar-refractivity contribution >= 4 is 64.6 Å². The van der Waals surface area contributed by atoms with Gasteiger partial charge < -0.3 is 31.1 Å². The van der Waals surface area contributed by atoms with Crippen LogP contribution in [0.25, 0.3) is 0 Å². The Labute approximate surface area is 262 Å². The Morgan fingerprint density at radius 2 is 0.894 bits per heavy atom. The standard InChI is InChI=1S/C32H19N3O12/c36-25(33-20-8-16(29(40)41)6-17(9-20)30(42)43)14-2-1-3-22(12-14)35-27(38)23-5-4-15(13-24(23)28(35)39)26(37)34-21-10-18(31(44)45)7-19(11-21)32(46)47/h1-13H,(H,33,36)(H,34,37)(H,40,41)(H,42,43)(H,44,45)(H,46,47). The first kappa shape index (κ1) is 31.3. The second-order valence-electron chi connectivity index (χ2n) is 9.98. The molecule has 1 aliphatic rings. The molecule has 0 saturated carbocycles.